The summed E-state index contributed by atoms with van der Waals surface area (Å²) >= 11 is 0. The fraction of sp³-hybridized carbons (Fsp3) is 0.0698. The zero-order valence-electron chi connectivity index (χ0n) is 25.6. The van der Waals surface area contributed by atoms with Crippen molar-refractivity contribution < 1.29 is 20.1 Å². The normalized spacial score (nSPS) is 12.6. The number of hydrogen-bond donors (Lipinski definition) is 0. The van der Waals surface area contributed by atoms with E-state index in [9.17, 15) is 0 Å². The molecule has 0 N–H and O–H groups in total. The van der Waals surface area contributed by atoms with Gasteiger partial charge in [0.15, 0.2) is 0 Å². The predicted octanol–water partition coefficient (Wildman–Crippen LogP) is 10.9. The molecule has 223 valence electrons. The Bertz CT molecular complexity index is 2310. The summed E-state index contributed by atoms with van der Waals surface area (Å²) in [6.07, 6.45) is 3.74. The smallest absolute Gasteiger partial charge is 0.0167 e. The molecule has 2 heterocycles. The Morgan fingerprint density at radius 3 is 2.07 bits per heavy atom. The van der Waals surface area contributed by atoms with Gasteiger partial charge < -0.3 is 9.97 Å². The first-order valence-corrected chi connectivity index (χ1v) is 15.3. The summed E-state index contributed by atoms with van der Waals surface area (Å²) in [5, 5.41) is 7.55. The molecule has 1 aliphatic carbocycles. The standard InChI is InChI=1S/C32H22N.C11H8N.Ir/c1-32(2)29-19-23-9-4-3-8-22(23)17-28(29)26-15-16-33-31(30(26)32)24-14-13-21-12-11-20-7-5-6-10-25(20)27(21)18-24;1-2-6-10(7-3-1)11-8-4-5-9-12-11;/h3-13,15-19H,1-2H3;1-6,8-9H;/q2*-1;. The molecule has 9 rings (SSSR count). The van der Waals surface area contributed by atoms with Crippen molar-refractivity contribution in [2.24, 2.45) is 0 Å². The molecular formula is C43H30IrN2-2. The number of hydrogen-bond acceptors (Lipinski definition) is 2. The van der Waals surface area contributed by atoms with Gasteiger partial charge in [-0.3, -0.25) is 0 Å². The molecule has 3 heteroatoms. The molecule has 0 amide bonds. The van der Waals surface area contributed by atoms with Gasteiger partial charge in [-0.1, -0.05) is 97.4 Å². The summed E-state index contributed by atoms with van der Waals surface area (Å²) in [4.78, 5) is 9.14. The van der Waals surface area contributed by atoms with Gasteiger partial charge in [-0.2, -0.15) is 0 Å². The van der Waals surface area contributed by atoms with E-state index < -0.39 is 0 Å². The minimum atomic E-state index is -0.139. The topological polar surface area (TPSA) is 25.8 Å². The van der Waals surface area contributed by atoms with Gasteiger partial charge in [0.2, 0.25) is 0 Å². The maximum absolute atomic E-state index is 4.92. The van der Waals surface area contributed by atoms with Gasteiger partial charge >= 0.3 is 0 Å². The van der Waals surface area contributed by atoms with Crippen LogP contribution in [0.15, 0.2) is 146 Å². The Balaban J connectivity index is 0.000000220. The number of benzene rings is 6. The van der Waals surface area contributed by atoms with Crippen molar-refractivity contribution in [1.82, 2.24) is 9.97 Å². The first-order chi connectivity index (χ1) is 22.1. The second-order valence-electron chi connectivity index (χ2n) is 12.1. The van der Waals surface area contributed by atoms with Crippen LogP contribution in [0, 0.1) is 12.1 Å². The van der Waals surface area contributed by atoms with E-state index in [4.69, 9.17) is 4.98 Å². The second kappa shape index (κ2) is 12.1. The molecule has 0 atom stereocenters. The third kappa shape index (κ3) is 5.12. The fourth-order valence-electron chi connectivity index (χ4n) is 6.79. The molecule has 0 saturated carbocycles. The molecule has 6 aromatic carbocycles. The number of pyridine rings is 2. The van der Waals surface area contributed by atoms with Crippen LogP contribution in [0.2, 0.25) is 0 Å². The number of aromatic nitrogens is 2. The van der Waals surface area contributed by atoms with Crippen molar-refractivity contribution in [3.8, 4) is 33.6 Å². The van der Waals surface area contributed by atoms with Gasteiger partial charge in [0.05, 0.1) is 0 Å². The van der Waals surface area contributed by atoms with E-state index >= 15 is 0 Å². The van der Waals surface area contributed by atoms with Gasteiger partial charge in [-0.15, -0.1) is 59.7 Å². The first-order valence-electron chi connectivity index (χ1n) is 15.3. The third-order valence-corrected chi connectivity index (χ3v) is 9.01. The van der Waals surface area contributed by atoms with Crippen LogP contribution in [0.25, 0.3) is 66.0 Å². The Hall–Kier alpha value is -4.95. The average molecular weight is 767 g/mol. The summed E-state index contributed by atoms with van der Waals surface area (Å²) in [6, 6.07) is 53.2. The average Bonchev–Trinajstić information content (AvgIpc) is 3.33. The van der Waals surface area contributed by atoms with Crippen LogP contribution < -0.4 is 0 Å². The molecular weight excluding hydrogens is 737 g/mol. The monoisotopic (exact) mass is 767 g/mol. The van der Waals surface area contributed by atoms with Crippen LogP contribution in [-0.4, -0.2) is 9.97 Å². The molecule has 0 spiro atoms. The van der Waals surface area contributed by atoms with E-state index in [1.54, 1.807) is 6.20 Å². The van der Waals surface area contributed by atoms with Crippen molar-refractivity contribution >= 4 is 32.3 Å². The molecule has 0 aliphatic heterocycles. The summed E-state index contributed by atoms with van der Waals surface area (Å²) in [6.45, 7) is 4.65. The van der Waals surface area contributed by atoms with Gasteiger partial charge in [-0.25, -0.2) is 0 Å². The van der Waals surface area contributed by atoms with Crippen molar-refractivity contribution in [3.05, 3.63) is 169 Å². The van der Waals surface area contributed by atoms with Crippen molar-refractivity contribution in [1.29, 1.82) is 0 Å². The Morgan fingerprint density at radius 2 is 1.28 bits per heavy atom. The Labute approximate surface area is 283 Å². The number of fused-ring (bicyclic) bond motifs is 7. The summed E-state index contributed by atoms with van der Waals surface area (Å²) in [5.74, 6) is 0. The third-order valence-electron chi connectivity index (χ3n) is 9.01. The molecule has 0 saturated heterocycles. The molecule has 8 aromatic rings. The quantitative estimate of drug-likeness (QED) is 0.129. The van der Waals surface area contributed by atoms with E-state index in [1.807, 2.05) is 48.7 Å². The van der Waals surface area contributed by atoms with Crippen LogP contribution in [0.3, 0.4) is 0 Å². The molecule has 0 unspecified atom stereocenters. The Kier molecular flexibility index (Phi) is 7.82. The van der Waals surface area contributed by atoms with Crippen molar-refractivity contribution in [2.75, 3.05) is 0 Å². The van der Waals surface area contributed by atoms with Crippen LogP contribution >= 0.6 is 0 Å². The first kappa shape index (κ1) is 29.7. The van der Waals surface area contributed by atoms with Gasteiger partial charge in [0.1, 0.15) is 0 Å². The number of nitrogens with zero attached hydrogens (tertiary/aromatic N) is 2. The van der Waals surface area contributed by atoms with Crippen LogP contribution in [0.5, 0.6) is 0 Å². The molecule has 2 aromatic heterocycles. The van der Waals surface area contributed by atoms with E-state index in [1.165, 1.54) is 54.6 Å². The van der Waals surface area contributed by atoms with E-state index in [0.29, 0.717) is 0 Å². The minimum Gasteiger partial charge on any atom is -0.305 e. The second-order valence-corrected chi connectivity index (χ2v) is 12.1. The van der Waals surface area contributed by atoms with Crippen molar-refractivity contribution in [3.63, 3.8) is 0 Å². The van der Waals surface area contributed by atoms with Gasteiger partial charge in [0, 0.05) is 37.9 Å². The van der Waals surface area contributed by atoms with Crippen LogP contribution in [0.1, 0.15) is 25.0 Å². The SMILES string of the molecule is CC1(C)c2cc3ccccc3cc2-c2ccnc(-c3[c-]cc4ccc5ccccc5c4c3)c21.[Ir].[c-]1ccccc1-c1ccccn1. The van der Waals surface area contributed by atoms with Crippen LogP contribution in [0.4, 0.5) is 0 Å². The fourth-order valence-corrected chi connectivity index (χ4v) is 6.79. The maximum atomic E-state index is 4.92. The van der Waals surface area contributed by atoms with E-state index in [0.717, 1.165) is 22.5 Å². The maximum Gasteiger partial charge on any atom is 0.0167 e. The van der Waals surface area contributed by atoms with Crippen LogP contribution in [-0.2, 0) is 25.5 Å². The Morgan fingerprint density at radius 1 is 0.543 bits per heavy atom. The molecule has 2 nitrogen and oxygen atoms in total. The zero-order valence-corrected chi connectivity index (χ0v) is 28.0. The summed E-state index contributed by atoms with van der Waals surface area (Å²) in [5.41, 5.74) is 9.24. The molecule has 1 radical (unpaired) electrons. The zero-order chi connectivity index (χ0) is 30.4. The van der Waals surface area contributed by atoms with E-state index in [2.05, 4.69) is 122 Å². The van der Waals surface area contributed by atoms with Gasteiger partial charge in [-0.05, 0) is 79.5 Å². The van der Waals surface area contributed by atoms with Crippen molar-refractivity contribution in [2.45, 2.75) is 19.3 Å². The molecule has 46 heavy (non-hydrogen) atoms. The van der Waals surface area contributed by atoms with Gasteiger partial charge in [0.25, 0.3) is 0 Å². The largest absolute Gasteiger partial charge is 0.305 e. The predicted molar refractivity (Wildman–Crippen MR) is 187 cm³/mol. The molecule has 1 aliphatic rings. The molecule has 0 fully saturated rings. The van der Waals surface area contributed by atoms with E-state index in [-0.39, 0.29) is 25.5 Å². The summed E-state index contributed by atoms with van der Waals surface area (Å²) in [7, 11) is 0. The molecule has 0 bridgehead atoms. The number of rotatable bonds is 2. The minimum absolute atomic E-state index is 0. The summed E-state index contributed by atoms with van der Waals surface area (Å²) < 4.78 is 0.